The van der Waals surface area contributed by atoms with E-state index in [2.05, 4.69) is 46.1 Å². The van der Waals surface area contributed by atoms with Gasteiger partial charge < -0.3 is 0 Å². The number of hydrogen-bond donors (Lipinski definition) is 1. The van der Waals surface area contributed by atoms with E-state index in [-0.39, 0.29) is 0 Å². The lowest BCUT2D eigenvalue weighted by Crippen LogP contribution is -1.96. The lowest BCUT2D eigenvalue weighted by molar-refractivity contribution is 0.866. The largest absolute Gasteiger partial charge is 0.261 e. The van der Waals surface area contributed by atoms with Crippen LogP contribution in [-0.4, -0.2) is 20.2 Å². The highest BCUT2D eigenvalue weighted by Gasteiger charge is 2.11. The quantitative estimate of drug-likeness (QED) is 0.746. The molecule has 0 saturated heterocycles. The second kappa shape index (κ2) is 4.22. The first kappa shape index (κ1) is 10.9. The van der Waals surface area contributed by atoms with Gasteiger partial charge in [0.05, 0.1) is 11.6 Å². The summed E-state index contributed by atoms with van der Waals surface area (Å²) < 4.78 is 0. The van der Waals surface area contributed by atoms with Crippen molar-refractivity contribution >= 4 is 11.0 Å². The molecule has 90 valence electrons. The number of benzene rings is 1. The molecular formula is C14H14N4. The minimum Gasteiger partial charge on any atom is -0.261 e. The second-order valence-electron chi connectivity index (χ2n) is 4.61. The third-order valence-corrected chi connectivity index (χ3v) is 3.01. The van der Waals surface area contributed by atoms with Crippen LogP contribution < -0.4 is 0 Å². The van der Waals surface area contributed by atoms with Crippen LogP contribution in [0.3, 0.4) is 0 Å². The fraction of sp³-hybridized carbons (Fsp3) is 0.214. The van der Waals surface area contributed by atoms with Crippen molar-refractivity contribution in [2.45, 2.75) is 19.8 Å². The number of nitrogens with one attached hydrogen (secondary N) is 1. The summed E-state index contributed by atoms with van der Waals surface area (Å²) in [6.45, 7) is 4.35. The van der Waals surface area contributed by atoms with E-state index in [0.29, 0.717) is 5.92 Å². The zero-order chi connectivity index (χ0) is 12.5. The van der Waals surface area contributed by atoms with E-state index in [9.17, 15) is 0 Å². The van der Waals surface area contributed by atoms with Gasteiger partial charge in [-0.2, -0.15) is 5.10 Å². The van der Waals surface area contributed by atoms with Crippen molar-refractivity contribution in [1.29, 1.82) is 0 Å². The first-order valence-corrected chi connectivity index (χ1v) is 6.01. The average Bonchev–Trinajstić information content (AvgIpc) is 2.85. The van der Waals surface area contributed by atoms with Crippen LogP contribution in [0.2, 0.25) is 0 Å². The summed E-state index contributed by atoms with van der Waals surface area (Å²) in [7, 11) is 0. The van der Waals surface area contributed by atoms with E-state index in [0.717, 1.165) is 22.4 Å². The molecule has 3 rings (SSSR count). The van der Waals surface area contributed by atoms with E-state index < -0.39 is 0 Å². The molecule has 4 nitrogen and oxygen atoms in total. The van der Waals surface area contributed by atoms with Crippen molar-refractivity contribution < 1.29 is 0 Å². The molecule has 0 saturated carbocycles. The third-order valence-electron chi connectivity index (χ3n) is 3.01. The van der Waals surface area contributed by atoms with Gasteiger partial charge in [0.15, 0.2) is 11.5 Å². The van der Waals surface area contributed by atoms with Crippen molar-refractivity contribution in [2.75, 3.05) is 0 Å². The van der Waals surface area contributed by atoms with Crippen molar-refractivity contribution in [1.82, 2.24) is 20.2 Å². The minimum absolute atomic E-state index is 0.447. The summed E-state index contributed by atoms with van der Waals surface area (Å²) in [5, 5.41) is 7.77. The Morgan fingerprint density at radius 2 is 1.94 bits per heavy atom. The molecule has 0 aliphatic rings. The SMILES string of the molecule is CC(C)c1ccccc1-c1ncc2cn[nH]c2n1. The molecule has 1 aromatic carbocycles. The van der Waals surface area contributed by atoms with Crippen LogP contribution >= 0.6 is 0 Å². The van der Waals surface area contributed by atoms with E-state index in [1.807, 2.05) is 12.1 Å². The zero-order valence-corrected chi connectivity index (χ0v) is 10.4. The van der Waals surface area contributed by atoms with Gasteiger partial charge in [0.1, 0.15) is 0 Å². The molecule has 0 radical (unpaired) electrons. The van der Waals surface area contributed by atoms with Crippen LogP contribution in [0.5, 0.6) is 0 Å². The number of aromatic nitrogens is 4. The zero-order valence-electron chi connectivity index (χ0n) is 10.4. The van der Waals surface area contributed by atoms with E-state index >= 15 is 0 Å². The molecule has 0 amide bonds. The summed E-state index contributed by atoms with van der Waals surface area (Å²) in [4.78, 5) is 8.94. The van der Waals surface area contributed by atoms with Crippen molar-refractivity contribution in [3.63, 3.8) is 0 Å². The highest BCUT2D eigenvalue weighted by molar-refractivity contribution is 5.75. The highest BCUT2D eigenvalue weighted by atomic mass is 15.1. The van der Waals surface area contributed by atoms with Gasteiger partial charge in [-0.15, -0.1) is 0 Å². The van der Waals surface area contributed by atoms with Crippen LogP contribution in [0.4, 0.5) is 0 Å². The van der Waals surface area contributed by atoms with Crippen LogP contribution in [-0.2, 0) is 0 Å². The Balaban J connectivity index is 2.19. The molecule has 2 heterocycles. The molecule has 18 heavy (non-hydrogen) atoms. The number of fused-ring (bicyclic) bond motifs is 1. The fourth-order valence-electron chi connectivity index (χ4n) is 2.07. The molecule has 0 spiro atoms. The van der Waals surface area contributed by atoms with Gasteiger partial charge in [-0.05, 0) is 11.5 Å². The Hall–Kier alpha value is -2.23. The molecule has 0 atom stereocenters. The molecule has 1 N–H and O–H groups in total. The summed E-state index contributed by atoms with van der Waals surface area (Å²) in [6.07, 6.45) is 3.53. The molecule has 0 aliphatic heterocycles. The Kier molecular flexibility index (Phi) is 2.55. The lowest BCUT2D eigenvalue weighted by Gasteiger charge is -2.11. The third kappa shape index (κ3) is 1.76. The smallest absolute Gasteiger partial charge is 0.161 e. The minimum atomic E-state index is 0.447. The normalized spacial score (nSPS) is 11.3. The van der Waals surface area contributed by atoms with Crippen LogP contribution in [0, 0.1) is 0 Å². The Labute approximate surface area is 105 Å². The number of H-pyrrole nitrogens is 1. The highest BCUT2D eigenvalue weighted by Crippen LogP contribution is 2.27. The van der Waals surface area contributed by atoms with Crippen molar-refractivity contribution in [3.8, 4) is 11.4 Å². The Morgan fingerprint density at radius 3 is 2.78 bits per heavy atom. The summed E-state index contributed by atoms with van der Waals surface area (Å²) >= 11 is 0. The van der Waals surface area contributed by atoms with Crippen molar-refractivity contribution in [2.24, 2.45) is 0 Å². The van der Waals surface area contributed by atoms with Gasteiger partial charge in [-0.25, -0.2) is 9.97 Å². The number of hydrogen-bond acceptors (Lipinski definition) is 3. The average molecular weight is 238 g/mol. The molecule has 0 fully saturated rings. The first-order valence-electron chi connectivity index (χ1n) is 6.01. The standard InChI is InChI=1S/C14H14N4/c1-9(2)11-5-3-4-6-12(11)14-15-7-10-8-16-18-13(10)17-14/h3-9H,1-2H3,(H,15,16,17,18). The molecule has 4 heteroatoms. The van der Waals surface area contributed by atoms with E-state index in [1.54, 1.807) is 12.4 Å². The maximum atomic E-state index is 4.52. The van der Waals surface area contributed by atoms with Crippen LogP contribution in [0.1, 0.15) is 25.3 Å². The summed E-state index contributed by atoms with van der Waals surface area (Å²) in [5.41, 5.74) is 3.12. The van der Waals surface area contributed by atoms with E-state index in [1.165, 1.54) is 5.56 Å². The molecule has 0 bridgehead atoms. The van der Waals surface area contributed by atoms with Gasteiger partial charge in [0.25, 0.3) is 0 Å². The van der Waals surface area contributed by atoms with Crippen molar-refractivity contribution in [3.05, 3.63) is 42.2 Å². The van der Waals surface area contributed by atoms with E-state index in [4.69, 9.17) is 0 Å². The summed E-state index contributed by atoms with van der Waals surface area (Å²) in [6, 6.07) is 8.25. The van der Waals surface area contributed by atoms with Gasteiger partial charge in [0.2, 0.25) is 0 Å². The second-order valence-corrected chi connectivity index (χ2v) is 4.61. The van der Waals surface area contributed by atoms with Crippen LogP contribution in [0.15, 0.2) is 36.7 Å². The van der Waals surface area contributed by atoms with Gasteiger partial charge in [0, 0.05) is 11.8 Å². The molecule has 0 aliphatic carbocycles. The van der Waals surface area contributed by atoms with Gasteiger partial charge >= 0.3 is 0 Å². The Bertz CT molecular complexity index is 685. The predicted octanol–water partition coefficient (Wildman–Crippen LogP) is 3.14. The van der Waals surface area contributed by atoms with Crippen LogP contribution in [0.25, 0.3) is 22.4 Å². The number of rotatable bonds is 2. The summed E-state index contributed by atoms with van der Waals surface area (Å²) in [5.74, 6) is 1.19. The maximum Gasteiger partial charge on any atom is 0.161 e. The predicted molar refractivity (Wildman–Crippen MR) is 71.2 cm³/mol. The topological polar surface area (TPSA) is 54.5 Å². The molecule has 2 aromatic heterocycles. The number of nitrogens with zero attached hydrogens (tertiary/aromatic N) is 3. The number of aromatic amines is 1. The van der Waals surface area contributed by atoms with Gasteiger partial charge in [-0.3, -0.25) is 5.10 Å². The molecule has 3 aromatic rings. The first-order chi connectivity index (χ1) is 8.75. The Morgan fingerprint density at radius 1 is 1.11 bits per heavy atom. The lowest BCUT2D eigenvalue weighted by atomic mass is 9.97. The van der Waals surface area contributed by atoms with Gasteiger partial charge in [-0.1, -0.05) is 38.1 Å². The molecular weight excluding hydrogens is 224 g/mol. The maximum absolute atomic E-state index is 4.52. The fourth-order valence-corrected chi connectivity index (χ4v) is 2.07. The monoisotopic (exact) mass is 238 g/mol. The molecule has 0 unspecified atom stereocenters.